The maximum atomic E-state index is 3.47. The van der Waals surface area contributed by atoms with Crippen LogP contribution in [0.3, 0.4) is 0 Å². The molecule has 2 aromatic rings. The molecular formula is C16H19NS. The van der Waals surface area contributed by atoms with Crippen molar-refractivity contribution in [3.8, 4) is 0 Å². The number of anilines is 2. The van der Waals surface area contributed by atoms with E-state index in [0.29, 0.717) is 0 Å². The molecule has 1 aliphatic rings. The van der Waals surface area contributed by atoms with Gasteiger partial charge in [-0.15, -0.1) is 0 Å². The second kappa shape index (κ2) is 5.49. The van der Waals surface area contributed by atoms with Gasteiger partial charge in [-0.3, -0.25) is 0 Å². The van der Waals surface area contributed by atoms with Gasteiger partial charge in [0.05, 0.1) is 11.4 Å². The van der Waals surface area contributed by atoms with E-state index in [1.54, 1.807) is 0 Å². The minimum absolute atomic E-state index is 1.21. The van der Waals surface area contributed by atoms with Crippen LogP contribution in [0.2, 0.25) is 0 Å². The molecule has 1 heterocycles. The average Bonchev–Trinajstić information content (AvgIpc) is 2.38. The van der Waals surface area contributed by atoms with Crippen LogP contribution in [-0.2, 0) is 0 Å². The van der Waals surface area contributed by atoms with Crippen LogP contribution in [0, 0.1) is 13.8 Å². The van der Waals surface area contributed by atoms with Crippen molar-refractivity contribution in [1.82, 2.24) is 0 Å². The molecule has 0 saturated heterocycles. The van der Waals surface area contributed by atoms with Gasteiger partial charge < -0.3 is 5.32 Å². The first-order chi connectivity index (χ1) is 8.72. The lowest BCUT2D eigenvalue weighted by Gasteiger charge is -2.21. The SMILES string of the molecule is CC.Cc1ccc2c(c1)Sc1cc(C)ccc1N2. The Morgan fingerprint density at radius 2 is 1.22 bits per heavy atom. The van der Waals surface area contributed by atoms with Gasteiger partial charge in [0.25, 0.3) is 0 Å². The van der Waals surface area contributed by atoms with Gasteiger partial charge in [0.2, 0.25) is 0 Å². The zero-order chi connectivity index (χ0) is 13.1. The van der Waals surface area contributed by atoms with E-state index in [0.717, 1.165) is 0 Å². The van der Waals surface area contributed by atoms with E-state index >= 15 is 0 Å². The third kappa shape index (κ3) is 2.54. The van der Waals surface area contributed by atoms with E-state index in [4.69, 9.17) is 0 Å². The Morgan fingerprint density at radius 3 is 1.67 bits per heavy atom. The van der Waals surface area contributed by atoms with Gasteiger partial charge in [0.15, 0.2) is 0 Å². The summed E-state index contributed by atoms with van der Waals surface area (Å²) < 4.78 is 0. The predicted molar refractivity (Wildman–Crippen MR) is 81.1 cm³/mol. The van der Waals surface area contributed by atoms with Gasteiger partial charge in [-0.1, -0.05) is 37.7 Å². The third-order valence-electron chi connectivity index (χ3n) is 2.76. The Labute approximate surface area is 114 Å². The number of benzene rings is 2. The van der Waals surface area contributed by atoms with Crippen LogP contribution in [-0.4, -0.2) is 0 Å². The monoisotopic (exact) mass is 257 g/mol. The zero-order valence-corrected chi connectivity index (χ0v) is 12.2. The Kier molecular flexibility index (Phi) is 3.97. The topological polar surface area (TPSA) is 12.0 Å². The summed E-state index contributed by atoms with van der Waals surface area (Å²) >= 11 is 1.85. The predicted octanol–water partition coefficient (Wildman–Crippen LogP) is 5.54. The standard InChI is InChI=1S/C14H13NS.C2H6/c1-9-3-5-11-13(7-9)16-14-8-10(2)4-6-12(14)15-11;1-2/h3-8,15H,1-2H3;1-2H3. The Bertz CT molecular complexity index is 512. The first kappa shape index (κ1) is 13.0. The van der Waals surface area contributed by atoms with Crippen LogP contribution < -0.4 is 5.32 Å². The van der Waals surface area contributed by atoms with Crippen molar-refractivity contribution in [3.63, 3.8) is 0 Å². The van der Waals surface area contributed by atoms with Crippen LogP contribution in [0.4, 0.5) is 11.4 Å². The molecular weight excluding hydrogens is 238 g/mol. The lowest BCUT2D eigenvalue weighted by molar-refractivity contribution is 1.27. The Morgan fingerprint density at radius 1 is 0.778 bits per heavy atom. The van der Waals surface area contributed by atoms with E-state index in [-0.39, 0.29) is 0 Å². The average molecular weight is 257 g/mol. The molecule has 18 heavy (non-hydrogen) atoms. The van der Waals surface area contributed by atoms with E-state index < -0.39 is 0 Å². The van der Waals surface area contributed by atoms with E-state index in [2.05, 4.69) is 55.6 Å². The van der Waals surface area contributed by atoms with Gasteiger partial charge in [-0.05, 0) is 49.2 Å². The second-order valence-corrected chi connectivity index (χ2v) is 5.31. The minimum Gasteiger partial charge on any atom is -0.354 e. The molecule has 1 N–H and O–H groups in total. The highest BCUT2D eigenvalue weighted by molar-refractivity contribution is 7.99. The lowest BCUT2D eigenvalue weighted by atomic mass is 10.2. The summed E-state index contributed by atoms with van der Waals surface area (Å²) in [5.41, 5.74) is 5.05. The Balaban J connectivity index is 0.000000574. The zero-order valence-electron chi connectivity index (χ0n) is 11.4. The number of nitrogens with one attached hydrogen (secondary N) is 1. The van der Waals surface area contributed by atoms with Crippen LogP contribution in [0.25, 0.3) is 0 Å². The number of aryl methyl sites for hydroxylation is 2. The molecule has 3 rings (SSSR count). The summed E-state index contributed by atoms with van der Waals surface area (Å²) in [6.45, 7) is 8.26. The molecule has 0 saturated carbocycles. The molecule has 0 bridgehead atoms. The van der Waals surface area contributed by atoms with E-state index in [1.165, 1.54) is 32.3 Å². The van der Waals surface area contributed by atoms with Crippen LogP contribution in [0.1, 0.15) is 25.0 Å². The summed E-state index contributed by atoms with van der Waals surface area (Å²) in [4.78, 5) is 2.64. The molecule has 0 unspecified atom stereocenters. The fourth-order valence-electron chi connectivity index (χ4n) is 1.90. The number of fused-ring (bicyclic) bond motifs is 2. The van der Waals surface area contributed by atoms with E-state index in [1.807, 2.05) is 25.6 Å². The largest absolute Gasteiger partial charge is 0.354 e. The maximum Gasteiger partial charge on any atom is 0.0526 e. The highest BCUT2D eigenvalue weighted by atomic mass is 32.2. The lowest BCUT2D eigenvalue weighted by Crippen LogP contribution is -1.99. The normalized spacial score (nSPS) is 11.6. The van der Waals surface area contributed by atoms with Crippen LogP contribution in [0.15, 0.2) is 46.2 Å². The van der Waals surface area contributed by atoms with Crippen molar-refractivity contribution in [2.24, 2.45) is 0 Å². The number of hydrogen-bond donors (Lipinski definition) is 1. The van der Waals surface area contributed by atoms with Gasteiger partial charge in [-0.2, -0.15) is 0 Å². The first-order valence-corrected chi connectivity index (χ1v) is 7.20. The van der Waals surface area contributed by atoms with Crippen molar-refractivity contribution < 1.29 is 0 Å². The summed E-state index contributed by atoms with van der Waals surface area (Å²) in [6.07, 6.45) is 0. The summed E-state index contributed by atoms with van der Waals surface area (Å²) in [5, 5.41) is 3.47. The molecule has 0 fully saturated rings. The second-order valence-electron chi connectivity index (χ2n) is 4.23. The molecule has 94 valence electrons. The molecule has 2 aromatic carbocycles. The molecule has 0 radical (unpaired) electrons. The molecule has 0 aromatic heterocycles. The van der Waals surface area contributed by atoms with Crippen LogP contribution >= 0.6 is 11.8 Å². The van der Waals surface area contributed by atoms with Gasteiger partial charge in [0, 0.05) is 9.79 Å². The molecule has 2 heteroatoms. The quantitative estimate of drug-likeness (QED) is 0.567. The maximum absolute atomic E-state index is 3.47. The third-order valence-corrected chi connectivity index (χ3v) is 3.88. The highest BCUT2D eigenvalue weighted by Gasteiger charge is 2.15. The molecule has 1 aliphatic heterocycles. The first-order valence-electron chi connectivity index (χ1n) is 6.38. The van der Waals surface area contributed by atoms with E-state index in [9.17, 15) is 0 Å². The van der Waals surface area contributed by atoms with Gasteiger partial charge >= 0.3 is 0 Å². The van der Waals surface area contributed by atoms with Gasteiger partial charge in [0.1, 0.15) is 0 Å². The number of rotatable bonds is 0. The number of hydrogen-bond acceptors (Lipinski definition) is 2. The van der Waals surface area contributed by atoms with Crippen LogP contribution in [0.5, 0.6) is 0 Å². The molecule has 0 aliphatic carbocycles. The molecule has 1 nitrogen and oxygen atoms in total. The fourth-order valence-corrected chi connectivity index (χ4v) is 3.08. The molecule has 0 amide bonds. The van der Waals surface area contributed by atoms with Crippen molar-refractivity contribution in [2.75, 3.05) is 5.32 Å². The van der Waals surface area contributed by atoms with Crippen molar-refractivity contribution in [2.45, 2.75) is 37.5 Å². The summed E-state index contributed by atoms with van der Waals surface area (Å²) in [5.74, 6) is 0. The Hall–Kier alpha value is -1.41. The highest BCUT2D eigenvalue weighted by Crippen LogP contribution is 2.44. The molecule has 0 atom stereocenters. The smallest absolute Gasteiger partial charge is 0.0526 e. The molecule has 0 spiro atoms. The minimum atomic E-state index is 1.21. The van der Waals surface area contributed by atoms with Crippen molar-refractivity contribution in [3.05, 3.63) is 47.5 Å². The summed E-state index contributed by atoms with van der Waals surface area (Å²) in [7, 11) is 0. The van der Waals surface area contributed by atoms with Gasteiger partial charge in [-0.25, -0.2) is 0 Å². The summed E-state index contributed by atoms with van der Waals surface area (Å²) in [6, 6.07) is 13.1. The van der Waals surface area contributed by atoms with Crippen molar-refractivity contribution in [1.29, 1.82) is 0 Å². The van der Waals surface area contributed by atoms with Crippen molar-refractivity contribution >= 4 is 23.1 Å². The fraction of sp³-hybridized carbons (Fsp3) is 0.250.